The second kappa shape index (κ2) is 9.28. The smallest absolute Gasteiger partial charge is 0.324 e. The van der Waals surface area contributed by atoms with Crippen LogP contribution in [0.4, 0.5) is 10.1 Å². The van der Waals surface area contributed by atoms with Crippen molar-refractivity contribution in [2.45, 2.75) is 0 Å². The number of thiazole rings is 1. The molecule has 3 aromatic rings. The van der Waals surface area contributed by atoms with Crippen LogP contribution in [0.2, 0.25) is 0 Å². The number of aromatic nitrogens is 1. The summed E-state index contributed by atoms with van der Waals surface area (Å²) in [6.07, 6.45) is 0. The fourth-order valence-electron chi connectivity index (χ4n) is 2.39. The van der Waals surface area contributed by atoms with Gasteiger partial charge in [-0.2, -0.15) is 0 Å². The minimum atomic E-state index is -0.491. The van der Waals surface area contributed by atoms with Crippen LogP contribution in [0, 0.1) is 10.1 Å². The number of hydrogen-bond donors (Lipinski definition) is 0. The van der Waals surface area contributed by atoms with Crippen LogP contribution in [-0.2, 0) is 0 Å². The fourth-order valence-corrected chi connectivity index (χ4v) is 4.18. The van der Waals surface area contributed by atoms with Gasteiger partial charge in [-0.3, -0.25) is 19.8 Å². The maximum absolute atomic E-state index is 13.0. The van der Waals surface area contributed by atoms with Gasteiger partial charge in [0, 0.05) is 19.2 Å². The molecule has 3 rings (SSSR count). The Hall–Kier alpha value is -2.27. The van der Waals surface area contributed by atoms with Gasteiger partial charge in [0.1, 0.15) is 5.75 Å². The number of methoxy groups -OCH3 is 1. The van der Waals surface area contributed by atoms with Crippen molar-refractivity contribution in [1.82, 2.24) is 9.88 Å². The van der Waals surface area contributed by atoms with Crippen molar-refractivity contribution in [3.63, 3.8) is 0 Å². The molecule has 150 valence electrons. The summed E-state index contributed by atoms with van der Waals surface area (Å²) < 4.78 is 6.15. The minimum absolute atomic E-state index is 0. The zero-order valence-corrected chi connectivity index (χ0v) is 17.9. The summed E-state index contributed by atoms with van der Waals surface area (Å²) in [6, 6.07) is 8.38. The number of rotatable bonds is 7. The van der Waals surface area contributed by atoms with E-state index in [4.69, 9.17) is 4.74 Å². The summed E-state index contributed by atoms with van der Waals surface area (Å²) in [6.45, 7) is 1.06. The molecule has 0 N–H and O–H groups in total. The molecule has 0 saturated carbocycles. The van der Waals surface area contributed by atoms with Crippen LogP contribution in [0.3, 0.4) is 0 Å². The number of halogens is 1. The van der Waals surface area contributed by atoms with Gasteiger partial charge in [-0.15, -0.1) is 12.4 Å². The lowest BCUT2D eigenvalue weighted by Gasteiger charge is -2.21. The topological polar surface area (TPSA) is 88.8 Å². The van der Waals surface area contributed by atoms with E-state index in [-0.39, 0.29) is 23.3 Å². The molecule has 2 heterocycles. The molecule has 0 aliphatic carbocycles. The van der Waals surface area contributed by atoms with E-state index >= 15 is 0 Å². The highest BCUT2D eigenvalue weighted by molar-refractivity contribution is 7.22. The summed E-state index contributed by atoms with van der Waals surface area (Å²) in [7, 11) is 5.43. The lowest BCUT2D eigenvalue weighted by molar-refractivity contribution is -0.380. The van der Waals surface area contributed by atoms with Crippen LogP contribution >= 0.6 is 35.1 Å². The number of likely N-dealkylation sites (N-methyl/N-ethyl adjacent to an activating group) is 1. The second-order valence-electron chi connectivity index (χ2n) is 5.99. The highest BCUT2D eigenvalue weighted by atomic mass is 35.5. The predicted octanol–water partition coefficient (Wildman–Crippen LogP) is 3.90. The lowest BCUT2D eigenvalue weighted by Crippen LogP contribution is -2.36. The van der Waals surface area contributed by atoms with Gasteiger partial charge in [-0.1, -0.05) is 22.7 Å². The molecule has 0 aliphatic rings. The van der Waals surface area contributed by atoms with Crippen LogP contribution in [-0.4, -0.2) is 55.0 Å². The van der Waals surface area contributed by atoms with Gasteiger partial charge in [0.2, 0.25) is 0 Å². The average Bonchev–Trinajstić information content (AvgIpc) is 3.27. The molecule has 8 nitrogen and oxygen atoms in total. The highest BCUT2D eigenvalue weighted by Gasteiger charge is 2.24. The first kappa shape index (κ1) is 22.0. The molecule has 0 aliphatic heterocycles. The van der Waals surface area contributed by atoms with E-state index in [1.807, 2.05) is 37.2 Å². The second-order valence-corrected chi connectivity index (χ2v) is 8.06. The molecule has 1 aromatic carbocycles. The third kappa shape index (κ3) is 4.76. The van der Waals surface area contributed by atoms with E-state index < -0.39 is 4.92 Å². The molecule has 28 heavy (non-hydrogen) atoms. The summed E-state index contributed by atoms with van der Waals surface area (Å²) in [5.74, 6) is 0.429. The Bertz CT molecular complexity index is 989. The lowest BCUT2D eigenvalue weighted by atomic mass is 10.3. The molecule has 2 aromatic heterocycles. The summed E-state index contributed by atoms with van der Waals surface area (Å²) in [5, 5.41) is 11.4. The third-order valence-electron chi connectivity index (χ3n) is 3.81. The Kier molecular flexibility index (Phi) is 7.30. The molecule has 0 fully saturated rings. The monoisotopic (exact) mass is 442 g/mol. The number of amides is 1. The molecule has 0 unspecified atom stereocenters. The minimum Gasteiger partial charge on any atom is -0.497 e. The molecule has 11 heteroatoms. The van der Waals surface area contributed by atoms with Crippen molar-refractivity contribution in [2.75, 3.05) is 39.2 Å². The summed E-state index contributed by atoms with van der Waals surface area (Å²) in [4.78, 5) is 31.9. The van der Waals surface area contributed by atoms with Crippen LogP contribution in [0.15, 0.2) is 30.3 Å². The first-order valence-corrected chi connectivity index (χ1v) is 9.67. The van der Waals surface area contributed by atoms with E-state index in [1.54, 1.807) is 12.0 Å². The van der Waals surface area contributed by atoms with Crippen molar-refractivity contribution in [3.8, 4) is 5.75 Å². The van der Waals surface area contributed by atoms with Crippen LogP contribution in [0.1, 0.15) is 9.67 Å². The molecular formula is C17H19ClN4O4S2. The number of carbonyl (C=O) groups excluding carboxylic acids is 1. The highest BCUT2D eigenvalue weighted by Crippen LogP contribution is 2.33. The predicted molar refractivity (Wildman–Crippen MR) is 115 cm³/mol. The number of nitro groups is 1. The van der Waals surface area contributed by atoms with E-state index in [2.05, 4.69) is 4.98 Å². The normalized spacial score (nSPS) is 10.7. The first-order valence-electron chi connectivity index (χ1n) is 8.04. The Morgan fingerprint density at radius 3 is 2.57 bits per heavy atom. The first-order chi connectivity index (χ1) is 12.9. The maximum Gasteiger partial charge on any atom is 0.324 e. The Labute approximate surface area is 175 Å². The van der Waals surface area contributed by atoms with Gasteiger partial charge in [0.25, 0.3) is 5.91 Å². The van der Waals surface area contributed by atoms with E-state index in [0.717, 1.165) is 27.3 Å². The molecule has 0 saturated heterocycles. The molecule has 0 bridgehead atoms. The standard InChI is InChI=1S/C17H18N4O4S2.ClH/c1-19(2)8-9-20(16(22)13-6-7-15(26-13)21(23)24)17-18-12-5-4-11(25-3)10-14(12)27-17;/h4-7,10H,8-9H2,1-3H3;1H. The largest absolute Gasteiger partial charge is 0.497 e. The Balaban J connectivity index is 0.00000280. The number of anilines is 1. The van der Waals surface area contributed by atoms with Crippen molar-refractivity contribution in [3.05, 3.63) is 45.3 Å². The van der Waals surface area contributed by atoms with Gasteiger partial charge in [0.15, 0.2) is 5.13 Å². The van der Waals surface area contributed by atoms with Crippen molar-refractivity contribution >= 4 is 61.3 Å². The van der Waals surface area contributed by atoms with E-state index in [0.29, 0.717) is 23.1 Å². The summed E-state index contributed by atoms with van der Waals surface area (Å²) >= 11 is 2.26. The molecule has 0 radical (unpaired) electrons. The van der Waals surface area contributed by atoms with Crippen molar-refractivity contribution < 1.29 is 14.5 Å². The average molecular weight is 443 g/mol. The Morgan fingerprint density at radius 2 is 1.96 bits per heavy atom. The van der Waals surface area contributed by atoms with Crippen LogP contribution < -0.4 is 9.64 Å². The molecule has 1 amide bonds. The van der Waals surface area contributed by atoms with Crippen LogP contribution in [0.25, 0.3) is 10.2 Å². The maximum atomic E-state index is 13.0. The van der Waals surface area contributed by atoms with Gasteiger partial charge >= 0.3 is 5.00 Å². The SMILES string of the molecule is COc1ccc2nc(N(CCN(C)C)C(=O)c3ccc([N+](=O)[O-])s3)sc2c1.Cl. The van der Waals surface area contributed by atoms with Gasteiger partial charge < -0.3 is 9.64 Å². The van der Waals surface area contributed by atoms with Crippen molar-refractivity contribution in [1.29, 1.82) is 0 Å². The van der Waals surface area contributed by atoms with E-state index in [1.165, 1.54) is 23.5 Å². The Morgan fingerprint density at radius 1 is 1.21 bits per heavy atom. The van der Waals surface area contributed by atoms with E-state index in [9.17, 15) is 14.9 Å². The number of fused-ring (bicyclic) bond motifs is 1. The zero-order chi connectivity index (χ0) is 19.6. The van der Waals surface area contributed by atoms with Crippen molar-refractivity contribution in [2.24, 2.45) is 0 Å². The number of carbonyl (C=O) groups is 1. The number of benzene rings is 1. The van der Waals surface area contributed by atoms with Gasteiger partial charge in [-0.05, 0) is 38.4 Å². The molecular weight excluding hydrogens is 424 g/mol. The fraction of sp³-hybridized carbons (Fsp3) is 0.294. The molecule has 0 atom stereocenters. The third-order valence-corrected chi connectivity index (χ3v) is 5.88. The number of ether oxygens (including phenoxy) is 1. The zero-order valence-electron chi connectivity index (χ0n) is 15.4. The quantitative estimate of drug-likeness (QED) is 0.407. The van der Waals surface area contributed by atoms with Gasteiger partial charge in [0.05, 0.1) is 27.1 Å². The number of hydrogen-bond acceptors (Lipinski definition) is 8. The number of nitrogens with zero attached hydrogens (tertiary/aromatic N) is 4. The summed E-state index contributed by atoms with van der Waals surface area (Å²) in [5.41, 5.74) is 0.774. The molecule has 0 spiro atoms. The number of thiophene rings is 1. The van der Waals surface area contributed by atoms with Gasteiger partial charge in [-0.25, -0.2) is 4.98 Å². The van der Waals surface area contributed by atoms with Crippen LogP contribution in [0.5, 0.6) is 5.75 Å².